The van der Waals surface area contributed by atoms with Crippen LogP contribution in [0, 0.1) is 0 Å². The Morgan fingerprint density at radius 1 is 1.09 bits per heavy atom. The van der Waals surface area contributed by atoms with Crippen LogP contribution in [0.4, 0.5) is 5.69 Å². The molecule has 0 spiro atoms. The second-order valence-electron chi connectivity index (χ2n) is 4.29. The highest BCUT2D eigenvalue weighted by Crippen LogP contribution is 2.29. The first-order valence-corrected chi connectivity index (χ1v) is 8.38. The lowest BCUT2D eigenvalue weighted by Gasteiger charge is -2.09. The van der Waals surface area contributed by atoms with E-state index in [0.717, 1.165) is 0 Å². The van der Waals surface area contributed by atoms with Crippen LogP contribution in [-0.2, 0) is 10.0 Å². The minimum atomic E-state index is -3.62. The smallest absolute Gasteiger partial charge is 0.255 e. The van der Waals surface area contributed by atoms with Gasteiger partial charge in [-0.25, -0.2) is 13.1 Å². The molecule has 22 heavy (non-hydrogen) atoms. The molecule has 0 heterocycles. The maximum Gasteiger partial charge on any atom is 0.255 e. The molecule has 0 aliphatic heterocycles. The van der Waals surface area contributed by atoms with Gasteiger partial charge in [0, 0.05) is 5.56 Å². The summed E-state index contributed by atoms with van der Waals surface area (Å²) in [5.74, 6) is -0.489. The Hall–Kier alpha value is -1.60. The van der Waals surface area contributed by atoms with Crippen molar-refractivity contribution in [3.05, 3.63) is 58.1 Å². The SMILES string of the molecule is CNS(=O)(=O)c1cccc(C(=O)Nc2cccc(Cl)c2Cl)c1. The van der Waals surface area contributed by atoms with E-state index in [-0.39, 0.29) is 15.5 Å². The first-order valence-electron chi connectivity index (χ1n) is 6.14. The fourth-order valence-corrected chi connectivity index (χ4v) is 2.84. The Labute approximate surface area is 138 Å². The fourth-order valence-electron chi connectivity index (χ4n) is 1.72. The second-order valence-corrected chi connectivity index (χ2v) is 6.96. The standard InChI is InChI=1S/C14H12Cl2N2O3S/c1-17-22(20,21)10-5-2-4-9(8-10)14(19)18-12-7-3-6-11(15)13(12)16/h2-8,17H,1H3,(H,18,19). The lowest BCUT2D eigenvalue weighted by molar-refractivity contribution is 0.102. The van der Waals surface area contributed by atoms with E-state index in [9.17, 15) is 13.2 Å². The number of anilines is 1. The highest BCUT2D eigenvalue weighted by Gasteiger charge is 2.15. The summed E-state index contributed by atoms with van der Waals surface area (Å²) < 4.78 is 25.7. The predicted octanol–water partition coefficient (Wildman–Crippen LogP) is 3.15. The van der Waals surface area contributed by atoms with Crippen molar-refractivity contribution >= 4 is 44.8 Å². The van der Waals surface area contributed by atoms with Crippen LogP contribution < -0.4 is 10.0 Å². The number of halogens is 2. The van der Waals surface area contributed by atoms with Crippen LogP contribution in [0.25, 0.3) is 0 Å². The summed E-state index contributed by atoms with van der Waals surface area (Å²) in [6, 6.07) is 10.5. The average Bonchev–Trinajstić information content (AvgIpc) is 2.52. The molecule has 0 aromatic heterocycles. The van der Waals surface area contributed by atoms with Crippen LogP contribution in [0.1, 0.15) is 10.4 Å². The summed E-state index contributed by atoms with van der Waals surface area (Å²) in [6.45, 7) is 0. The number of sulfonamides is 1. The zero-order valence-corrected chi connectivity index (χ0v) is 13.8. The van der Waals surface area contributed by atoms with E-state index in [1.54, 1.807) is 18.2 Å². The lowest BCUT2D eigenvalue weighted by Crippen LogP contribution is -2.19. The normalized spacial score (nSPS) is 11.2. The van der Waals surface area contributed by atoms with Crippen molar-refractivity contribution in [1.82, 2.24) is 4.72 Å². The first-order chi connectivity index (χ1) is 10.3. The average molecular weight is 359 g/mol. The molecule has 5 nitrogen and oxygen atoms in total. The van der Waals surface area contributed by atoms with E-state index in [1.807, 2.05) is 0 Å². The van der Waals surface area contributed by atoms with Gasteiger partial charge in [0.05, 0.1) is 20.6 Å². The summed E-state index contributed by atoms with van der Waals surface area (Å²) in [4.78, 5) is 12.2. The van der Waals surface area contributed by atoms with Crippen LogP contribution in [-0.4, -0.2) is 21.4 Å². The molecule has 0 aliphatic rings. The maximum atomic E-state index is 12.2. The largest absolute Gasteiger partial charge is 0.321 e. The van der Waals surface area contributed by atoms with E-state index in [4.69, 9.17) is 23.2 Å². The number of carbonyl (C=O) groups is 1. The van der Waals surface area contributed by atoms with Gasteiger partial charge in [-0.1, -0.05) is 35.3 Å². The van der Waals surface area contributed by atoms with Crippen LogP contribution in [0.15, 0.2) is 47.4 Å². The number of nitrogens with one attached hydrogen (secondary N) is 2. The topological polar surface area (TPSA) is 75.3 Å². The van der Waals surface area contributed by atoms with Crippen LogP contribution in [0.5, 0.6) is 0 Å². The molecule has 2 N–H and O–H groups in total. The molecule has 0 radical (unpaired) electrons. The van der Waals surface area contributed by atoms with Gasteiger partial charge in [-0.2, -0.15) is 0 Å². The third-order valence-electron chi connectivity index (χ3n) is 2.88. The predicted molar refractivity (Wildman–Crippen MR) is 87.1 cm³/mol. The van der Waals surface area contributed by atoms with E-state index < -0.39 is 15.9 Å². The van der Waals surface area contributed by atoms with E-state index in [2.05, 4.69) is 10.0 Å². The molecule has 0 saturated heterocycles. The molecular weight excluding hydrogens is 347 g/mol. The van der Waals surface area contributed by atoms with Gasteiger partial charge in [0.1, 0.15) is 0 Å². The minimum absolute atomic E-state index is 0.000147. The summed E-state index contributed by atoms with van der Waals surface area (Å²) in [5, 5.41) is 3.12. The van der Waals surface area contributed by atoms with Crippen molar-refractivity contribution < 1.29 is 13.2 Å². The minimum Gasteiger partial charge on any atom is -0.321 e. The van der Waals surface area contributed by atoms with Gasteiger partial charge < -0.3 is 5.32 Å². The summed E-state index contributed by atoms with van der Waals surface area (Å²) in [5.41, 5.74) is 0.536. The number of amides is 1. The molecule has 0 atom stereocenters. The van der Waals surface area contributed by atoms with Crippen molar-refractivity contribution in [2.24, 2.45) is 0 Å². The fraction of sp³-hybridized carbons (Fsp3) is 0.0714. The van der Waals surface area contributed by atoms with E-state index in [0.29, 0.717) is 10.7 Å². The summed E-state index contributed by atoms with van der Waals surface area (Å²) >= 11 is 11.9. The van der Waals surface area contributed by atoms with Gasteiger partial charge in [-0.05, 0) is 37.4 Å². The van der Waals surface area contributed by atoms with E-state index >= 15 is 0 Å². The molecule has 2 aromatic rings. The molecule has 0 bridgehead atoms. The Balaban J connectivity index is 2.31. The molecule has 0 fully saturated rings. The van der Waals surface area contributed by atoms with Crippen molar-refractivity contribution in [3.8, 4) is 0 Å². The highest BCUT2D eigenvalue weighted by atomic mass is 35.5. The van der Waals surface area contributed by atoms with Gasteiger partial charge in [0.2, 0.25) is 10.0 Å². The molecule has 0 saturated carbocycles. The van der Waals surface area contributed by atoms with Crippen LogP contribution in [0.3, 0.4) is 0 Å². The van der Waals surface area contributed by atoms with Crippen molar-refractivity contribution in [2.75, 3.05) is 12.4 Å². The Bertz CT molecular complexity index is 823. The molecule has 116 valence electrons. The molecule has 0 aliphatic carbocycles. The van der Waals surface area contributed by atoms with Crippen molar-refractivity contribution in [1.29, 1.82) is 0 Å². The van der Waals surface area contributed by atoms with Crippen LogP contribution in [0.2, 0.25) is 10.0 Å². The van der Waals surface area contributed by atoms with Gasteiger partial charge >= 0.3 is 0 Å². The van der Waals surface area contributed by atoms with Crippen molar-refractivity contribution in [2.45, 2.75) is 4.90 Å². The highest BCUT2D eigenvalue weighted by molar-refractivity contribution is 7.89. The summed E-state index contributed by atoms with van der Waals surface area (Å²) in [7, 11) is -2.32. The zero-order chi connectivity index (χ0) is 16.3. The maximum absolute atomic E-state index is 12.2. The molecule has 8 heteroatoms. The van der Waals surface area contributed by atoms with Crippen LogP contribution >= 0.6 is 23.2 Å². The third kappa shape index (κ3) is 3.59. The molecule has 1 amide bonds. The third-order valence-corrected chi connectivity index (χ3v) is 5.11. The molecular formula is C14H12Cl2N2O3S. The quantitative estimate of drug-likeness (QED) is 0.881. The number of benzene rings is 2. The van der Waals surface area contributed by atoms with Gasteiger partial charge in [0.15, 0.2) is 0 Å². The van der Waals surface area contributed by atoms with E-state index in [1.165, 1.54) is 31.3 Å². The number of hydrogen-bond acceptors (Lipinski definition) is 3. The second kappa shape index (κ2) is 6.66. The van der Waals surface area contributed by atoms with Gasteiger partial charge in [-0.15, -0.1) is 0 Å². The molecule has 2 aromatic carbocycles. The lowest BCUT2D eigenvalue weighted by atomic mass is 10.2. The monoisotopic (exact) mass is 358 g/mol. The van der Waals surface area contributed by atoms with Gasteiger partial charge in [-0.3, -0.25) is 4.79 Å². The Morgan fingerprint density at radius 2 is 1.77 bits per heavy atom. The van der Waals surface area contributed by atoms with Crippen molar-refractivity contribution in [3.63, 3.8) is 0 Å². The molecule has 0 unspecified atom stereocenters. The zero-order valence-electron chi connectivity index (χ0n) is 11.4. The Kier molecular flexibility index (Phi) is 5.08. The number of carbonyl (C=O) groups excluding carboxylic acids is 1. The molecule has 2 rings (SSSR count). The number of rotatable bonds is 4. The first kappa shape index (κ1) is 16.8. The summed E-state index contributed by atoms with van der Waals surface area (Å²) in [6.07, 6.45) is 0. The van der Waals surface area contributed by atoms with Gasteiger partial charge in [0.25, 0.3) is 5.91 Å². The number of hydrogen-bond donors (Lipinski definition) is 2. The Morgan fingerprint density at radius 3 is 2.45 bits per heavy atom.